The van der Waals surface area contributed by atoms with Crippen molar-refractivity contribution in [3.8, 4) is 0 Å². The Morgan fingerprint density at radius 3 is 2.70 bits per heavy atom. The molecule has 0 saturated carbocycles. The molecular weight excluding hydrogens is 336 g/mol. The van der Waals surface area contributed by atoms with Crippen LogP contribution in [0.15, 0.2) is 34.1 Å². The number of aryl methyl sites for hydroxylation is 1. The van der Waals surface area contributed by atoms with Gasteiger partial charge in [0.1, 0.15) is 4.21 Å². The van der Waals surface area contributed by atoms with Crippen molar-refractivity contribution >= 4 is 33.0 Å². The van der Waals surface area contributed by atoms with E-state index in [1.165, 1.54) is 15.6 Å². The lowest BCUT2D eigenvalue weighted by atomic mass is 9.97. The molecule has 2 aromatic rings. The molecule has 2 aromatic heterocycles. The molecule has 1 aliphatic heterocycles. The molecule has 0 bridgehead atoms. The molecule has 23 heavy (non-hydrogen) atoms. The fraction of sp³-hybridized carbons (Fsp3) is 0.429. The van der Waals surface area contributed by atoms with Crippen LogP contribution >= 0.6 is 11.3 Å². The van der Waals surface area contributed by atoms with E-state index in [9.17, 15) is 13.2 Å². The van der Waals surface area contributed by atoms with E-state index in [1.807, 2.05) is 0 Å². The Morgan fingerprint density at radius 1 is 1.39 bits per heavy atom. The topological polar surface area (TPSA) is 84.3 Å². The van der Waals surface area contributed by atoms with Gasteiger partial charge >= 0.3 is 0 Å². The van der Waals surface area contributed by atoms with E-state index in [2.05, 4.69) is 10.4 Å². The fourth-order valence-corrected chi connectivity index (χ4v) is 5.24. The summed E-state index contributed by atoms with van der Waals surface area (Å²) in [7, 11) is -1.64. The van der Waals surface area contributed by atoms with Crippen LogP contribution in [0.25, 0.3) is 0 Å². The Labute approximate surface area is 139 Å². The number of piperidine rings is 1. The van der Waals surface area contributed by atoms with Crippen LogP contribution in [-0.2, 0) is 21.9 Å². The number of nitrogens with zero attached hydrogens (tertiary/aromatic N) is 3. The molecule has 1 N–H and O–H groups in total. The summed E-state index contributed by atoms with van der Waals surface area (Å²) in [6.07, 6.45) is 4.37. The van der Waals surface area contributed by atoms with E-state index in [4.69, 9.17) is 0 Å². The Morgan fingerprint density at radius 2 is 2.13 bits per heavy atom. The number of rotatable bonds is 4. The molecule has 9 heteroatoms. The first-order chi connectivity index (χ1) is 11.0. The van der Waals surface area contributed by atoms with Crippen LogP contribution in [0.3, 0.4) is 0 Å². The molecular formula is C14H18N4O3S2. The van der Waals surface area contributed by atoms with Crippen molar-refractivity contribution in [2.24, 2.45) is 13.0 Å². The molecule has 1 fully saturated rings. The van der Waals surface area contributed by atoms with Crippen molar-refractivity contribution in [3.63, 3.8) is 0 Å². The average molecular weight is 354 g/mol. The van der Waals surface area contributed by atoms with Gasteiger partial charge < -0.3 is 5.32 Å². The summed E-state index contributed by atoms with van der Waals surface area (Å²) < 4.78 is 28.3. The van der Waals surface area contributed by atoms with Crippen molar-refractivity contribution in [2.75, 3.05) is 18.4 Å². The molecule has 3 rings (SSSR count). The lowest BCUT2D eigenvalue weighted by Gasteiger charge is -2.30. The minimum Gasteiger partial charge on any atom is -0.323 e. The zero-order chi connectivity index (χ0) is 16.4. The number of aromatic nitrogens is 2. The second-order valence-electron chi connectivity index (χ2n) is 5.50. The quantitative estimate of drug-likeness (QED) is 0.902. The van der Waals surface area contributed by atoms with Gasteiger partial charge in [0, 0.05) is 32.3 Å². The van der Waals surface area contributed by atoms with Gasteiger partial charge in [0.05, 0.1) is 11.9 Å². The van der Waals surface area contributed by atoms with Gasteiger partial charge in [-0.3, -0.25) is 9.48 Å². The van der Waals surface area contributed by atoms with Crippen LogP contribution in [0.1, 0.15) is 12.8 Å². The minimum atomic E-state index is -3.42. The molecule has 3 heterocycles. The third-order valence-corrected chi connectivity index (χ3v) is 7.16. The number of amides is 1. The molecule has 1 amide bonds. The zero-order valence-electron chi connectivity index (χ0n) is 12.7. The van der Waals surface area contributed by atoms with Crippen LogP contribution in [0.4, 0.5) is 5.69 Å². The van der Waals surface area contributed by atoms with E-state index < -0.39 is 10.0 Å². The SMILES string of the molecule is Cn1cc(NC(=O)C2CCN(S(=O)(=O)c3cccs3)CC2)cn1. The summed E-state index contributed by atoms with van der Waals surface area (Å²) >= 11 is 1.22. The molecule has 7 nitrogen and oxygen atoms in total. The predicted molar refractivity (Wildman–Crippen MR) is 87.6 cm³/mol. The maximum atomic E-state index is 12.4. The van der Waals surface area contributed by atoms with Gasteiger partial charge in [-0.15, -0.1) is 11.3 Å². The number of thiophene rings is 1. The number of carbonyl (C=O) groups excluding carboxylic acids is 1. The lowest BCUT2D eigenvalue weighted by Crippen LogP contribution is -2.41. The van der Waals surface area contributed by atoms with Crippen molar-refractivity contribution in [1.29, 1.82) is 0 Å². The number of sulfonamides is 1. The summed E-state index contributed by atoms with van der Waals surface area (Å²) in [5.41, 5.74) is 0.658. The summed E-state index contributed by atoms with van der Waals surface area (Å²) in [6, 6.07) is 3.34. The van der Waals surface area contributed by atoms with Gasteiger partial charge in [-0.2, -0.15) is 9.40 Å². The third-order valence-electron chi connectivity index (χ3n) is 3.89. The minimum absolute atomic E-state index is 0.0776. The highest BCUT2D eigenvalue weighted by Crippen LogP contribution is 2.26. The maximum absolute atomic E-state index is 12.4. The number of carbonyl (C=O) groups is 1. The van der Waals surface area contributed by atoms with Crippen molar-refractivity contribution < 1.29 is 13.2 Å². The molecule has 0 aliphatic carbocycles. The molecule has 0 unspecified atom stereocenters. The van der Waals surface area contributed by atoms with Crippen LogP contribution in [0, 0.1) is 5.92 Å². The molecule has 0 radical (unpaired) electrons. The van der Waals surface area contributed by atoms with Gasteiger partial charge in [-0.25, -0.2) is 8.42 Å². The van der Waals surface area contributed by atoms with Crippen LogP contribution in [0.2, 0.25) is 0 Å². The molecule has 1 saturated heterocycles. The Kier molecular flexibility index (Phi) is 4.51. The number of hydrogen-bond acceptors (Lipinski definition) is 5. The maximum Gasteiger partial charge on any atom is 0.252 e. The van der Waals surface area contributed by atoms with Crippen LogP contribution in [-0.4, -0.2) is 41.5 Å². The number of hydrogen-bond donors (Lipinski definition) is 1. The Bertz CT molecular complexity index is 775. The first kappa shape index (κ1) is 16.2. The van der Waals surface area contributed by atoms with Gasteiger partial charge in [-0.1, -0.05) is 6.07 Å². The highest BCUT2D eigenvalue weighted by atomic mass is 32.2. The molecule has 0 spiro atoms. The molecule has 124 valence electrons. The summed E-state index contributed by atoms with van der Waals surface area (Å²) in [5.74, 6) is -0.254. The van der Waals surface area contributed by atoms with Crippen LogP contribution < -0.4 is 5.32 Å². The highest BCUT2D eigenvalue weighted by Gasteiger charge is 2.32. The first-order valence-corrected chi connectivity index (χ1v) is 9.62. The predicted octanol–water partition coefficient (Wildman–Crippen LogP) is 1.52. The number of nitrogens with one attached hydrogen (secondary N) is 1. The van der Waals surface area contributed by atoms with E-state index in [0.717, 1.165) is 0 Å². The second-order valence-corrected chi connectivity index (χ2v) is 8.61. The monoisotopic (exact) mass is 354 g/mol. The standard InChI is InChI=1S/C14H18N4O3S2/c1-17-10-12(9-15-17)16-14(19)11-4-6-18(7-5-11)23(20,21)13-3-2-8-22-13/h2-3,8-11H,4-7H2,1H3,(H,16,19). The third kappa shape index (κ3) is 3.46. The normalized spacial score (nSPS) is 17.3. The van der Waals surface area contributed by atoms with Gasteiger partial charge in [0.2, 0.25) is 5.91 Å². The van der Waals surface area contributed by atoms with Crippen molar-refractivity contribution in [2.45, 2.75) is 17.1 Å². The fourth-order valence-electron chi connectivity index (χ4n) is 2.63. The lowest BCUT2D eigenvalue weighted by molar-refractivity contribution is -0.120. The second kappa shape index (κ2) is 6.42. The van der Waals surface area contributed by atoms with Crippen molar-refractivity contribution in [3.05, 3.63) is 29.9 Å². The highest BCUT2D eigenvalue weighted by molar-refractivity contribution is 7.91. The largest absolute Gasteiger partial charge is 0.323 e. The Hall–Kier alpha value is -1.71. The van der Waals surface area contributed by atoms with Crippen LogP contribution in [0.5, 0.6) is 0 Å². The summed E-state index contributed by atoms with van der Waals surface area (Å²) in [5, 5.41) is 8.58. The average Bonchev–Trinajstić information content (AvgIpc) is 3.19. The summed E-state index contributed by atoms with van der Waals surface area (Å²) in [6.45, 7) is 0.733. The Balaban J connectivity index is 1.59. The molecule has 1 aliphatic rings. The van der Waals surface area contributed by atoms with E-state index in [0.29, 0.717) is 35.8 Å². The zero-order valence-corrected chi connectivity index (χ0v) is 14.3. The smallest absolute Gasteiger partial charge is 0.252 e. The molecule has 0 atom stereocenters. The van der Waals surface area contributed by atoms with Gasteiger partial charge in [0.25, 0.3) is 10.0 Å². The van der Waals surface area contributed by atoms with E-state index >= 15 is 0 Å². The summed E-state index contributed by atoms with van der Waals surface area (Å²) in [4.78, 5) is 12.2. The van der Waals surface area contributed by atoms with E-state index in [-0.39, 0.29) is 11.8 Å². The van der Waals surface area contributed by atoms with Crippen molar-refractivity contribution in [1.82, 2.24) is 14.1 Å². The van der Waals surface area contributed by atoms with Gasteiger partial charge in [-0.05, 0) is 24.3 Å². The first-order valence-electron chi connectivity index (χ1n) is 7.30. The molecule has 0 aromatic carbocycles. The number of anilines is 1. The van der Waals surface area contributed by atoms with Gasteiger partial charge in [0.15, 0.2) is 0 Å². The van der Waals surface area contributed by atoms with E-state index in [1.54, 1.807) is 41.6 Å².